The standard InChI is InChI=1S/C10H14N2OS/c1-3-7(2)13-9-6-12-5-4-8(9)10(11)14/h4-7H,3H2,1-2H3,(H2,11,14). The third-order valence-electron chi connectivity index (χ3n) is 1.95. The second-order valence-corrected chi connectivity index (χ2v) is 3.51. The van der Waals surface area contributed by atoms with Gasteiger partial charge >= 0.3 is 0 Å². The summed E-state index contributed by atoms with van der Waals surface area (Å²) in [5.41, 5.74) is 6.30. The van der Waals surface area contributed by atoms with Gasteiger partial charge < -0.3 is 10.5 Å². The molecule has 76 valence electrons. The third-order valence-corrected chi connectivity index (χ3v) is 2.17. The van der Waals surface area contributed by atoms with Crippen molar-refractivity contribution in [2.75, 3.05) is 0 Å². The van der Waals surface area contributed by atoms with Gasteiger partial charge in [0.15, 0.2) is 0 Å². The van der Waals surface area contributed by atoms with Crippen LogP contribution in [0.2, 0.25) is 0 Å². The van der Waals surface area contributed by atoms with E-state index in [1.807, 2.05) is 6.92 Å². The van der Waals surface area contributed by atoms with E-state index in [2.05, 4.69) is 11.9 Å². The molecule has 0 spiro atoms. The first-order valence-corrected chi connectivity index (χ1v) is 4.96. The number of nitrogens with zero attached hydrogens (tertiary/aromatic N) is 1. The lowest BCUT2D eigenvalue weighted by Gasteiger charge is -2.14. The van der Waals surface area contributed by atoms with E-state index in [0.717, 1.165) is 12.0 Å². The number of pyridine rings is 1. The summed E-state index contributed by atoms with van der Waals surface area (Å²) >= 11 is 4.91. The minimum atomic E-state index is 0.146. The minimum absolute atomic E-state index is 0.146. The van der Waals surface area contributed by atoms with Gasteiger partial charge in [-0.1, -0.05) is 19.1 Å². The third kappa shape index (κ3) is 2.67. The van der Waals surface area contributed by atoms with Crippen LogP contribution in [0, 0.1) is 0 Å². The number of hydrogen-bond acceptors (Lipinski definition) is 3. The van der Waals surface area contributed by atoms with Gasteiger partial charge in [0.25, 0.3) is 0 Å². The lowest BCUT2D eigenvalue weighted by molar-refractivity contribution is 0.216. The van der Waals surface area contributed by atoms with Crippen molar-refractivity contribution in [3.05, 3.63) is 24.0 Å². The Balaban J connectivity index is 2.90. The summed E-state index contributed by atoms with van der Waals surface area (Å²) in [6.45, 7) is 4.05. The summed E-state index contributed by atoms with van der Waals surface area (Å²) < 4.78 is 5.63. The summed E-state index contributed by atoms with van der Waals surface area (Å²) in [6.07, 6.45) is 4.37. The maximum Gasteiger partial charge on any atom is 0.148 e. The molecule has 0 saturated carbocycles. The molecular weight excluding hydrogens is 196 g/mol. The summed E-state index contributed by atoms with van der Waals surface area (Å²) in [5, 5.41) is 0. The van der Waals surface area contributed by atoms with Crippen molar-refractivity contribution in [1.82, 2.24) is 4.98 Å². The van der Waals surface area contributed by atoms with Crippen LogP contribution < -0.4 is 10.5 Å². The van der Waals surface area contributed by atoms with Crippen LogP contribution in [-0.4, -0.2) is 16.1 Å². The van der Waals surface area contributed by atoms with Gasteiger partial charge in [-0.3, -0.25) is 4.98 Å². The predicted octanol–water partition coefficient (Wildman–Crippen LogP) is 1.89. The molecule has 3 nitrogen and oxygen atoms in total. The zero-order valence-electron chi connectivity index (χ0n) is 8.36. The zero-order valence-corrected chi connectivity index (χ0v) is 9.17. The lowest BCUT2D eigenvalue weighted by atomic mass is 10.2. The molecular formula is C10H14N2OS. The van der Waals surface area contributed by atoms with Crippen molar-refractivity contribution < 1.29 is 4.74 Å². The van der Waals surface area contributed by atoms with Crippen LogP contribution in [0.5, 0.6) is 5.75 Å². The summed E-state index contributed by atoms with van der Waals surface area (Å²) in [6, 6.07) is 1.76. The molecule has 1 aromatic rings. The van der Waals surface area contributed by atoms with Crippen molar-refractivity contribution in [3.63, 3.8) is 0 Å². The highest BCUT2D eigenvalue weighted by Crippen LogP contribution is 2.18. The fourth-order valence-corrected chi connectivity index (χ4v) is 1.15. The molecule has 0 aliphatic heterocycles. The van der Waals surface area contributed by atoms with Gasteiger partial charge in [0.05, 0.1) is 17.9 Å². The molecule has 0 bridgehead atoms. The molecule has 1 unspecified atom stereocenters. The van der Waals surface area contributed by atoms with E-state index in [0.29, 0.717) is 10.7 Å². The van der Waals surface area contributed by atoms with Crippen molar-refractivity contribution in [2.24, 2.45) is 5.73 Å². The van der Waals surface area contributed by atoms with Gasteiger partial charge in [0.1, 0.15) is 10.7 Å². The smallest absolute Gasteiger partial charge is 0.148 e. The number of ether oxygens (including phenoxy) is 1. The Morgan fingerprint density at radius 1 is 1.71 bits per heavy atom. The van der Waals surface area contributed by atoms with Crippen molar-refractivity contribution in [2.45, 2.75) is 26.4 Å². The molecule has 0 aliphatic rings. The Hall–Kier alpha value is -1.16. The fraction of sp³-hybridized carbons (Fsp3) is 0.400. The van der Waals surface area contributed by atoms with Crippen molar-refractivity contribution in [1.29, 1.82) is 0 Å². The quantitative estimate of drug-likeness (QED) is 0.771. The normalized spacial score (nSPS) is 12.1. The van der Waals surface area contributed by atoms with E-state index in [1.165, 1.54) is 0 Å². The van der Waals surface area contributed by atoms with Crippen LogP contribution in [-0.2, 0) is 0 Å². The number of thiocarbonyl (C=S) groups is 1. The first-order valence-electron chi connectivity index (χ1n) is 4.55. The van der Waals surface area contributed by atoms with E-state index >= 15 is 0 Å². The zero-order chi connectivity index (χ0) is 10.6. The van der Waals surface area contributed by atoms with E-state index in [-0.39, 0.29) is 6.10 Å². The monoisotopic (exact) mass is 210 g/mol. The van der Waals surface area contributed by atoms with Gasteiger partial charge in [-0.15, -0.1) is 0 Å². The Morgan fingerprint density at radius 2 is 2.43 bits per heavy atom. The highest BCUT2D eigenvalue weighted by atomic mass is 32.1. The molecule has 2 N–H and O–H groups in total. The molecule has 1 rings (SSSR count). The summed E-state index contributed by atoms with van der Waals surface area (Å²) in [7, 11) is 0. The molecule has 1 aromatic heterocycles. The average Bonchev–Trinajstić information content (AvgIpc) is 2.18. The fourth-order valence-electron chi connectivity index (χ4n) is 0.978. The van der Waals surface area contributed by atoms with E-state index in [9.17, 15) is 0 Å². The molecule has 0 aromatic carbocycles. The van der Waals surface area contributed by atoms with Gasteiger partial charge in [-0.2, -0.15) is 0 Å². The van der Waals surface area contributed by atoms with Gasteiger partial charge in [-0.25, -0.2) is 0 Å². The number of rotatable bonds is 4. The molecule has 0 amide bonds. The van der Waals surface area contributed by atoms with Crippen LogP contribution in [0.1, 0.15) is 25.8 Å². The molecule has 0 aliphatic carbocycles. The Kier molecular flexibility index (Phi) is 3.83. The first kappa shape index (κ1) is 10.9. The van der Waals surface area contributed by atoms with Gasteiger partial charge in [-0.05, 0) is 19.4 Å². The Morgan fingerprint density at radius 3 is 3.00 bits per heavy atom. The Bertz CT molecular complexity index is 328. The molecule has 0 saturated heterocycles. The van der Waals surface area contributed by atoms with E-state index in [4.69, 9.17) is 22.7 Å². The average molecular weight is 210 g/mol. The van der Waals surface area contributed by atoms with Crippen LogP contribution in [0.3, 0.4) is 0 Å². The SMILES string of the molecule is CCC(C)Oc1cnccc1C(N)=S. The molecule has 1 heterocycles. The molecule has 1 atom stereocenters. The van der Waals surface area contributed by atoms with Crippen LogP contribution >= 0.6 is 12.2 Å². The van der Waals surface area contributed by atoms with Gasteiger partial charge in [0.2, 0.25) is 0 Å². The maximum atomic E-state index is 5.63. The maximum absolute atomic E-state index is 5.63. The second kappa shape index (κ2) is 4.91. The van der Waals surface area contributed by atoms with Crippen LogP contribution in [0.15, 0.2) is 18.5 Å². The largest absolute Gasteiger partial charge is 0.488 e. The summed E-state index contributed by atoms with van der Waals surface area (Å²) in [5.74, 6) is 0.661. The van der Waals surface area contributed by atoms with Crippen molar-refractivity contribution >= 4 is 17.2 Å². The first-order chi connectivity index (χ1) is 6.65. The molecule has 14 heavy (non-hydrogen) atoms. The Labute approximate surface area is 89.3 Å². The van der Waals surface area contributed by atoms with Crippen LogP contribution in [0.25, 0.3) is 0 Å². The second-order valence-electron chi connectivity index (χ2n) is 3.07. The lowest BCUT2D eigenvalue weighted by Crippen LogP contribution is -2.16. The highest BCUT2D eigenvalue weighted by Gasteiger charge is 2.08. The van der Waals surface area contributed by atoms with Gasteiger partial charge in [0, 0.05) is 6.20 Å². The topological polar surface area (TPSA) is 48.1 Å². The van der Waals surface area contributed by atoms with Crippen LogP contribution in [0.4, 0.5) is 0 Å². The number of hydrogen-bond donors (Lipinski definition) is 1. The molecule has 0 radical (unpaired) electrons. The summed E-state index contributed by atoms with van der Waals surface area (Å²) in [4.78, 5) is 4.31. The van der Waals surface area contributed by atoms with Crippen molar-refractivity contribution in [3.8, 4) is 5.75 Å². The molecule has 0 fully saturated rings. The predicted molar refractivity (Wildman–Crippen MR) is 60.5 cm³/mol. The number of aromatic nitrogens is 1. The minimum Gasteiger partial charge on any atom is -0.488 e. The molecule has 4 heteroatoms. The number of nitrogens with two attached hydrogens (primary N) is 1. The van der Waals surface area contributed by atoms with E-state index < -0.39 is 0 Å². The highest BCUT2D eigenvalue weighted by molar-refractivity contribution is 7.80. The van der Waals surface area contributed by atoms with E-state index in [1.54, 1.807) is 18.5 Å².